The number of benzene rings is 1. The normalized spacial score (nSPS) is 16.5. The van der Waals surface area contributed by atoms with Gasteiger partial charge in [0.05, 0.1) is 0 Å². The molecule has 0 radical (unpaired) electrons. The molecule has 0 aromatic heterocycles. The summed E-state index contributed by atoms with van der Waals surface area (Å²) in [5.41, 5.74) is 0.684. The molecule has 0 saturated carbocycles. The third-order valence-corrected chi connectivity index (χ3v) is 3.63. The highest BCUT2D eigenvalue weighted by molar-refractivity contribution is 7.84. The Bertz CT molecular complexity index is 383. The van der Waals surface area contributed by atoms with E-state index in [2.05, 4.69) is 5.32 Å². The Balaban J connectivity index is 2.72. The van der Waals surface area contributed by atoms with Gasteiger partial charge in [-0.3, -0.25) is 4.21 Å². The van der Waals surface area contributed by atoms with Crippen molar-refractivity contribution >= 4 is 10.8 Å². The van der Waals surface area contributed by atoms with E-state index >= 15 is 0 Å². The summed E-state index contributed by atoms with van der Waals surface area (Å²) in [5.74, 6) is 0.405. The number of halogens is 1. The average Bonchev–Trinajstić information content (AvgIpc) is 2.26. The highest BCUT2D eigenvalue weighted by atomic mass is 32.2. The van der Waals surface area contributed by atoms with Gasteiger partial charge in [0.1, 0.15) is 5.82 Å². The van der Waals surface area contributed by atoms with Gasteiger partial charge in [-0.25, -0.2) is 4.39 Å². The van der Waals surface area contributed by atoms with Gasteiger partial charge < -0.3 is 5.32 Å². The minimum absolute atomic E-state index is 0.0188. The minimum atomic E-state index is -0.832. The van der Waals surface area contributed by atoms with Crippen LogP contribution in [0.5, 0.6) is 0 Å². The Morgan fingerprint density at radius 1 is 1.41 bits per heavy atom. The molecular weight excluding hydrogens is 237 g/mol. The van der Waals surface area contributed by atoms with Crippen LogP contribution in [0.15, 0.2) is 24.3 Å². The first-order chi connectivity index (χ1) is 8.04. The van der Waals surface area contributed by atoms with Crippen molar-refractivity contribution in [1.29, 1.82) is 0 Å². The van der Waals surface area contributed by atoms with Gasteiger partial charge in [0.25, 0.3) is 0 Å². The largest absolute Gasteiger partial charge is 0.306 e. The second kappa shape index (κ2) is 6.87. The van der Waals surface area contributed by atoms with Gasteiger partial charge in [-0.05, 0) is 19.4 Å². The van der Waals surface area contributed by atoms with E-state index in [1.54, 1.807) is 18.4 Å². The molecule has 0 amide bonds. The molecule has 96 valence electrons. The fourth-order valence-electron chi connectivity index (χ4n) is 1.93. The van der Waals surface area contributed by atoms with Crippen LogP contribution in [0.3, 0.4) is 0 Å². The smallest absolute Gasteiger partial charge is 0.127 e. The Labute approximate surface area is 105 Å². The van der Waals surface area contributed by atoms with Crippen LogP contribution in [0.2, 0.25) is 0 Å². The first-order valence-corrected chi connectivity index (χ1v) is 7.57. The minimum Gasteiger partial charge on any atom is -0.306 e. The standard InChI is InChI=1S/C13H20FNOS/c1-4-13(15-10(2)9-17(3)16)11-7-5-6-8-12(11)14/h5-8,10,13,15H,4,9H2,1-3H3. The lowest BCUT2D eigenvalue weighted by atomic mass is 10.0. The topological polar surface area (TPSA) is 29.1 Å². The van der Waals surface area contributed by atoms with Crippen LogP contribution in [0.1, 0.15) is 31.9 Å². The van der Waals surface area contributed by atoms with Gasteiger partial charge in [0.15, 0.2) is 0 Å². The number of hydrogen-bond donors (Lipinski definition) is 1. The fraction of sp³-hybridized carbons (Fsp3) is 0.538. The van der Waals surface area contributed by atoms with Crippen molar-refractivity contribution in [3.63, 3.8) is 0 Å². The maximum atomic E-state index is 13.6. The molecule has 0 heterocycles. The molecule has 1 N–H and O–H groups in total. The van der Waals surface area contributed by atoms with Gasteiger partial charge in [-0.1, -0.05) is 25.1 Å². The average molecular weight is 257 g/mol. The summed E-state index contributed by atoms with van der Waals surface area (Å²) in [6.45, 7) is 3.99. The zero-order chi connectivity index (χ0) is 12.8. The van der Waals surface area contributed by atoms with E-state index in [1.807, 2.05) is 19.9 Å². The second-order valence-electron chi connectivity index (χ2n) is 4.29. The van der Waals surface area contributed by atoms with E-state index < -0.39 is 10.8 Å². The predicted octanol–water partition coefficient (Wildman–Crippen LogP) is 2.63. The third kappa shape index (κ3) is 4.56. The summed E-state index contributed by atoms with van der Waals surface area (Å²) in [6, 6.07) is 6.90. The van der Waals surface area contributed by atoms with Gasteiger partial charge in [-0.15, -0.1) is 0 Å². The summed E-state index contributed by atoms with van der Waals surface area (Å²) < 4.78 is 24.8. The van der Waals surface area contributed by atoms with E-state index in [9.17, 15) is 8.60 Å². The van der Waals surface area contributed by atoms with Crippen LogP contribution in [0, 0.1) is 5.82 Å². The first kappa shape index (κ1) is 14.3. The molecular formula is C13H20FNOS. The highest BCUT2D eigenvalue weighted by Gasteiger charge is 2.16. The van der Waals surface area contributed by atoms with Gasteiger partial charge in [0.2, 0.25) is 0 Å². The van der Waals surface area contributed by atoms with Crippen LogP contribution >= 0.6 is 0 Å². The first-order valence-electron chi connectivity index (χ1n) is 5.85. The molecule has 0 aliphatic rings. The van der Waals surface area contributed by atoms with Crippen LogP contribution in [-0.2, 0) is 10.8 Å². The van der Waals surface area contributed by atoms with Crippen LogP contribution in [0.25, 0.3) is 0 Å². The lowest BCUT2D eigenvalue weighted by Gasteiger charge is -2.22. The van der Waals surface area contributed by atoms with E-state index in [1.165, 1.54) is 6.07 Å². The Morgan fingerprint density at radius 2 is 2.06 bits per heavy atom. The number of nitrogens with one attached hydrogen (secondary N) is 1. The van der Waals surface area contributed by atoms with Crippen molar-refractivity contribution in [2.75, 3.05) is 12.0 Å². The zero-order valence-electron chi connectivity index (χ0n) is 10.6. The lowest BCUT2D eigenvalue weighted by molar-refractivity contribution is 0.449. The second-order valence-corrected chi connectivity index (χ2v) is 5.77. The molecule has 1 aromatic rings. The summed E-state index contributed by atoms with van der Waals surface area (Å²) in [6.07, 6.45) is 2.49. The zero-order valence-corrected chi connectivity index (χ0v) is 11.4. The van der Waals surface area contributed by atoms with E-state index in [4.69, 9.17) is 0 Å². The molecule has 3 atom stereocenters. The van der Waals surface area contributed by atoms with Crippen molar-refractivity contribution in [2.24, 2.45) is 0 Å². The van der Waals surface area contributed by atoms with Gasteiger partial charge in [-0.2, -0.15) is 0 Å². The van der Waals surface area contributed by atoms with E-state index in [-0.39, 0.29) is 17.9 Å². The molecule has 0 spiro atoms. The molecule has 1 rings (SSSR count). The van der Waals surface area contributed by atoms with Gasteiger partial charge in [0, 0.05) is 40.5 Å². The molecule has 0 aliphatic carbocycles. The van der Waals surface area contributed by atoms with Crippen LogP contribution in [0.4, 0.5) is 4.39 Å². The highest BCUT2D eigenvalue weighted by Crippen LogP contribution is 2.20. The summed E-state index contributed by atoms with van der Waals surface area (Å²) in [5, 5.41) is 3.32. The van der Waals surface area contributed by atoms with Crippen molar-refractivity contribution in [3.05, 3.63) is 35.6 Å². The summed E-state index contributed by atoms with van der Waals surface area (Å²) >= 11 is 0. The molecule has 1 aromatic carbocycles. The Kier molecular flexibility index (Phi) is 5.78. The SMILES string of the molecule is CCC(NC(C)CS(C)=O)c1ccccc1F. The molecule has 0 aliphatic heterocycles. The quantitative estimate of drug-likeness (QED) is 0.849. The maximum Gasteiger partial charge on any atom is 0.127 e. The monoisotopic (exact) mass is 257 g/mol. The molecule has 0 fully saturated rings. The third-order valence-electron chi connectivity index (χ3n) is 2.66. The van der Waals surface area contributed by atoms with Crippen LogP contribution in [-0.4, -0.2) is 22.3 Å². The number of hydrogen-bond acceptors (Lipinski definition) is 2. The van der Waals surface area contributed by atoms with Crippen molar-refractivity contribution < 1.29 is 8.60 Å². The Hall–Kier alpha value is -0.740. The van der Waals surface area contributed by atoms with Crippen molar-refractivity contribution in [1.82, 2.24) is 5.32 Å². The van der Waals surface area contributed by atoms with Crippen molar-refractivity contribution in [2.45, 2.75) is 32.4 Å². The van der Waals surface area contributed by atoms with E-state index in [0.717, 1.165) is 6.42 Å². The molecule has 0 bridgehead atoms. The molecule has 17 heavy (non-hydrogen) atoms. The molecule has 4 heteroatoms. The predicted molar refractivity (Wildman–Crippen MR) is 71.0 cm³/mol. The summed E-state index contributed by atoms with van der Waals surface area (Å²) in [7, 11) is -0.832. The summed E-state index contributed by atoms with van der Waals surface area (Å²) in [4.78, 5) is 0. The van der Waals surface area contributed by atoms with E-state index in [0.29, 0.717) is 11.3 Å². The number of rotatable bonds is 6. The van der Waals surface area contributed by atoms with Gasteiger partial charge >= 0.3 is 0 Å². The molecule has 0 saturated heterocycles. The fourth-order valence-corrected chi connectivity index (χ4v) is 2.73. The Morgan fingerprint density at radius 3 is 2.59 bits per heavy atom. The maximum absolute atomic E-state index is 13.6. The van der Waals surface area contributed by atoms with Crippen molar-refractivity contribution in [3.8, 4) is 0 Å². The van der Waals surface area contributed by atoms with Crippen LogP contribution < -0.4 is 5.32 Å². The lowest BCUT2D eigenvalue weighted by Crippen LogP contribution is -2.34. The molecule has 3 unspecified atom stereocenters. The molecule has 2 nitrogen and oxygen atoms in total.